The maximum Gasteiger partial charge on any atom is 0.318 e. The number of aliphatic carboxylic acids is 1. The van der Waals surface area contributed by atoms with Gasteiger partial charge in [0, 0.05) is 24.5 Å². The fraction of sp³-hybridized carbons (Fsp3) is 0.769. The molecule has 1 heterocycles. The van der Waals surface area contributed by atoms with Gasteiger partial charge in [0.2, 0.25) is 5.91 Å². The molecule has 3 amide bonds. The predicted molar refractivity (Wildman–Crippen MR) is 72.9 cm³/mol. The molecule has 0 bridgehead atoms. The minimum atomic E-state index is -0.814. The molecule has 1 aliphatic rings. The summed E-state index contributed by atoms with van der Waals surface area (Å²) in [6.07, 6.45) is 0.945. The molecule has 2 atom stereocenters. The Morgan fingerprint density at radius 1 is 1.40 bits per heavy atom. The van der Waals surface area contributed by atoms with Crippen molar-refractivity contribution < 1.29 is 19.5 Å². The third-order valence-corrected chi connectivity index (χ3v) is 3.55. The number of urea groups is 1. The average Bonchev–Trinajstić information content (AvgIpc) is 2.25. The second-order valence-corrected chi connectivity index (χ2v) is 6.06. The third kappa shape index (κ3) is 4.40. The van der Waals surface area contributed by atoms with Gasteiger partial charge in [0.05, 0.1) is 5.92 Å². The number of hydrogen-bond donors (Lipinski definition) is 3. The van der Waals surface area contributed by atoms with Gasteiger partial charge in [-0.15, -0.1) is 0 Å². The van der Waals surface area contributed by atoms with E-state index in [4.69, 9.17) is 10.8 Å². The molecule has 0 spiro atoms. The predicted octanol–water partition coefficient (Wildman–Crippen LogP) is 0.535. The van der Waals surface area contributed by atoms with E-state index in [1.54, 1.807) is 18.7 Å². The van der Waals surface area contributed by atoms with Gasteiger partial charge in [-0.3, -0.25) is 9.59 Å². The van der Waals surface area contributed by atoms with Crippen molar-refractivity contribution in [3.8, 4) is 0 Å². The summed E-state index contributed by atoms with van der Waals surface area (Å²) in [5.74, 6) is -1.69. The Bertz CT molecular complexity index is 408. The van der Waals surface area contributed by atoms with E-state index < -0.39 is 23.3 Å². The van der Waals surface area contributed by atoms with E-state index in [1.165, 1.54) is 0 Å². The molecular weight excluding hydrogens is 262 g/mol. The first-order chi connectivity index (χ1) is 9.12. The smallest absolute Gasteiger partial charge is 0.318 e. The number of nitrogens with one attached hydrogen (secondary N) is 1. The van der Waals surface area contributed by atoms with Gasteiger partial charge in [0.1, 0.15) is 0 Å². The number of carbonyl (C=O) groups is 3. The molecule has 0 aromatic rings. The molecule has 20 heavy (non-hydrogen) atoms. The number of piperidine rings is 1. The lowest BCUT2D eigenvalue weighted by Crippen LogP contribution is -2.55. The van der Waals surface area contributed by atoms with Gasteiger partial charge < -0.3 is 21.1 Å². The lowest BCUT2D eigenvalue weighted by Gasteiger charge is -2.38. The molecule has 7 nitrogen and oxygen atoms in total. The van der Waals surface area contributed by atoms with E-state index >= 15 is 0 Å². The van der Waals surface area contributed by atoms with Crippen molar-refractivity contribution in [3.05, 3.63) is 0 Å². The lowest BCUT2D eigenvalue weighted by atomic mass is 9.92. The number of carboxylic acid groups (broad SMARTS) is 1. The van der Waals surface area contributed by atoms with Crippen LogP contribution >= 0.6 is 0 Å². The summed E-state index contributed by atoms with van der Waals surface area (Å²) in [6, 6.07) is -0.429. The van der Waals surface area contributed by atoms with E-state index in [0.29, 0.717) is 19.4 Å². The fourth-order valence-corrected chi connectivity index (χ4v) is 2.54. The third-order valence-electron chi connectivity index (χ3n) is 3.55. The Morgan fingerprint density at radius 2 is 2.00 bits per heavy atom. The van der Waals surface area contributed by atoms with E-state index in [-0.39, 0.29) is 18.5 Å². The Kier molecular flexibility index (Phi) is 4.97. The van der Waals surface area contributed by atoms with Crippen LogP contribution < -0.4 is 11.1 Å². The van der Waals surface area contributed by atoms with Crippen molar-refractivity contribution in [1.82, 2.24) is 10.2 Å². The zero-order valence-electron chi connectivity index (χ0n) is 12.2. The second-order valence-electron chi connectivity index (χ2n) is 6.06. The zero-order valence-corrected chi connectivity index (χ0v) is 12.2. The fourth-order valence-electron chi connectivity index (χ4n) is 2.54. The quantitative estimate of drug-likeness (QED) is 0.699. The summed E-state index contributed by atoms with van der Waals surface area (Å²) < 4.78 is 0. The van der Waals surface area contributed by atoms with Crippen LogP contribution in [0.15, 0.2) is 0 Å². The second kappa shape index (κ2) is 6.11. The van der Waals surface area contributed by atoms with Crippen LogP contribution in [0.3, 0.4) is 0 Å². The summed E-state index contributed by atoms with van der Waals surface area (Å²) in [4.78, 5) is 35.7. The molecule has 7 heteroatoms. The molecule has 1 fully saturated rings. The molecule has 0 saturated carbocycles. The van der Waals surface area contributed by atoms with E-state index in [0.717, 1.165) is 0 Å². The van der Waals surface area contributed by atoms with Crippen LogP contribution in [0.5, 0.6) is 0 Å². The number of primary amides is 1. The molecular formula is C13H23N3O4. The highest BCUT2D eigenvalue weighted by Crippen LogP contribution is 2.23. The van der Waals surface area contributed by atoms with Gasteiger partial charge in [-0.25, -0.2) is 4.79 Å². The number of amides is 3. The summed E-state index contributed by atoms with van der Waals surface area (Å²) in [7, 11) is 0. The number of nitrogens with two attached hydrogens (primary N) is 1. The number of rotatable bonds is 4. The molecule has 0 aromatic heterocycles. The number of carboxylic acids is 1. The van der Waals surface area contributed by atoms with Gasteiger partial charge in [0.15, 0.2) is 0 Å². The van der Waals surface area contributed by atoms with Crippen LogP contribution in [0.25, 0.3) is 0 Å². The summed E-state index contributed by atoms with van der Waals surface area (Å²) in [6.45, 7) is 5.68. The maximum absolute atomic E-state index is 12.2. The number of hydrogen-bond acceptors (Lipinski definition) is 3. The van der Waals surface area contributed by atoms with Crippen LogP contribution in [-0.4, -0.2) is 46.0 Å². The molecule has 1 aliphatic heterocycles. The SMILES string of the molecule is CC1CC(C(=O)O)CCN1C(=O)NC(C)(C)CC(N)=O. The minimum Gasteiger partial charge on any atom is -0.481 e. The van der Waals surface area contributed by atoms with E-state index in [2.05, 4.69) is 5.32 Å². The maximum atomic E-state index is 12.2. The first kappa shape index (κ1) is 16.3. The average molecular weight is 285 g/mol. The Morgan fingerprint density at radius 3 is 2.45 bits per heavy atom. The Balaban J connectivity index is 2.60. The molecule has 4 N–H and O–H groups in total. The van der Waals surface area contributed by atoms with E-state index in [9.17, 15) is 14.4 Å². The topological polar surface area (TPSA) is 113 Å². The Labute approximate surface area is 118 Å². The summed E-state index contributed by atoms with van der Waals surface area (Å²) in [5, 5.41) is 11.8. The first-order valence-electron chi connectivity index (χ1n) is 6.72. The number of carbonyl (C=O) groups excluding carboxylic acids is 2. The van der Waals surface area contributed by atoms with Gasteiger partial charge in [-0.2, -0.15) is 0 Å². The Hall–Kier alpha value is -1.79. The van der Waals surface area contributed by atoms with Crippen molar-refractivity contribution in [1.29, 1.82) is 0 Å². The van der Waals surface area contributed by atoms with Crippen LogP contribution in [0, 0.1) is 5.92 Å². The van der Waals surface area contributed by atoms with Crippen LogP contribution in [0.1, 0.15) is 40.0 Å². The molecule has 0 aromatic carbocycles. The zero-order chi connectivity index (χ0) is 15.5. The van der Waals surface area contributed by atoms with Crippen LogP contribution in [-0.2, 0) is 9.59 Å². The summed E-state index contributed by atoms with van der Waals surface area (Å²) >= 11 is 0. The highest BCUT2D eigenvalue weighted by atomic mass is 16.4. The summed E-state index contributed by atoms with van der Waals surface area (Å²) in [5.41, 5.74) is 4.43. The monoisotopic (exact) mass is 285 g/mol. The van der Waals surface area contributed by atoms with Crippen molar-refractivity contribution in [2.45, 2.75) is 51.6 Å². The van der Waals surface area contributed by atoms with E-state index in [1.807, 2.05) is 6.92 Å². The number of likely N-dealkylation sites (tertiary alicyclic amines) is 1. The van der Waals surface area contributed by atoms with Crippen LogP contribution in [0.2, 0.25) is 0 Å². The minimum absolute atomic E-state index is 0.0543. The molecule has 2 unspecified atom stereocenters. The highest BCUT2D eigenvalue weighted by Gasteiger charge is 2.34. The highest BCUT2D eigenvalue weighted by molar-refractivity contribution is 5.79. The van der Waals surface area contributed by atoms with Crippen LogP contribution in [0.4, 0.5) is 4.79 Å². The van der Waals surface area contributed by atoms with Gasteiger partial charge in [0.25, 0.3) is 0 Å². The molecule has 1 rings (SSSR count). The normalized spacial score (nSPS) is 23.2. The largest absolute Gasteiger partial charge is 0.481 e. The van der Waals surface area contributed by atoms with Crippen molar-refractivity contribution in [3.63, 3.8) is 0 Å². The number of nitrogens with zero attached hydrogens (tertiary/aromatic N) is 1. The van der Waals surface area contributed by atoms with Gasteiger partial charge >= 0.3 is 12.0 Å². The van der Waals surface area contributed by atoms with Gasteiger partial charge in [-0.05, 0) is 33.6 Å². The molecule has 0 aliphatic carbocycles. The molecule has 114 valence electrons. The lowest BCUT2D eigenvalue weighted by molar-refractivity contribution is -0.143. The van der Waals surface area contributed by atoms with Gasteiger partial charge in [-0.1, -0.05) is 0 Å². The standard InChI is InChI=1S/C13H23N3O4/c1-8-6-9(11(18)19)4-5-16(8)12(20)15-13(2,3)7-10(14)17/h8-9H,4-7H2,1-3H3,(H2,14,17)(H,15,20)(H,18,19). The van der Waals surface area contributed by atoms with Crippen molar-refractivity contribution >= 4 is 17.9 Å². The van der Waals surface area contributed by atoms with Crippen molar-refractivity contribution in [2.24, 2.45) is 11.7 Å². The molecule has 1 saturated heterocycles. The molecule has 0 radical (unpaired) electrons. The first-order valence-corrected chi connectivity index (χ1v) is 6.72. The van der Waals surface area contributed by atoms with Crippen molar-refractivity contribution in [2.75, 3.05) is 6.54 Å².